The van der Waals surface area contributed by atoms with Gasteiger partial charge in [-0.1, -0.05) is 49.2 Å². The maximum absolute atomic E-state index is 15.0. The number of ether oxygens (including phenoxy) is 1. The lowest BCUT2D eigenvalue weighted by molar-refractivity contribution is -0.129. The largest absolute Gasteiger partial charge is 0.457 e. The zero-order valence-electron chi connectivity index (χ0n) is 19.0. The number of hydrogen-bond donors (Lipinski definition) is 0. The number of carbonyl (C=O) groups is 2. The molecule has 0 saturated heterocycles. The molecule has 0 radical (unpaired) electrons. The highest BCUT2D eigenvalue weighted by Crippen LogP contribution is 2.33. The summed E-state index contributed by atoms with van der Waals surface area (Å²) in [5.41, 5.74) is 1.73. The summed E-state index contributed by atoms with van der Waals surface area (Å²) in [6.45, 7) is -0.329. The van der Waals surface area contributed by atoms with Crippen molar-refractivity contribution in [2.75, 3.05) is 4.90 Å². The summed E-state index contributed by atoms with van der Waals surface area (Å²) in [7, 11) is 0. The first-order valence-electron chi connectivity index (χ1n) is 11.5. The SMILES string of the molecule is O=C(OCc1ccccc1)c1ccc(N(Cc2ccc(C3CCCC3)cn2)C(=O)C(F)F)c(F)c1. The lowest BCUT2D eigenvalue weighted by Crippen LogP contribution is -2.36. The van der Waals surface area contributed by atoms with E-state index in [-0.39, 0.29) is 24.4 Å². The van der Waals surface area contributed by atoms with Gasteiger partial charge < -0.3 is 4.74 Å². The van der Waals surface area contributed by atoms with Gasteiger partial charge in [-0.25, -0.2) is 9.18 Å². The third-order valence-corrected chi connectivity index (χ3v) is 6.13. The van der Waals surface area contributed by atoms with E-state index in [0.29, 0.717) is 16.5 Å². The summed E-state index contributed by atoms with van der Waals surface area (Å²) >= 11 is 0. The van der Waals surface area contributed by atoms with Crippen LogP contribution in [0, 0.1) is 5.82 Å². The number of carbonyl (C=O) groups excluding carboxylic acids is 2. The summed E-state index contributed by atoms with van der Waals surface area (Å²) in [6, 6.07) is 15.8. The van der Waals surface area contributed by atoms with Crippen molar-refractivity contribution in [3.63, 3.8) is 0 Å². The van der Waals surface area contributed by atoms with Crippen LogP contribution in [0.3, 0.4) is 0 Å². The number of anilines is 1. The molecule has 2 aromatic carbocycles. The smallest absolute Gasteiger partial charge is 0.338 e. The third-order valence-electron chi connectivity index (χ3n) is 6.13. The number of benzene rings is 2. The number of nitrogens with zero attached hydrogens (tertiary/aromatic N) is 2. The highest BCUT2D eigenvalue weighted by Gasteiger charge is 2.28. The van der Waals surface area contributed by atoms with Crippen molar-refractivity contribution < 1.29 is 27.5 Å². The van der Waals surface area contributed by atoms with E-state index in [2.05, 4.69) is 4.98 Å². The molecule has 1 fully saturated rings. The molecule has 8 heteroatoms. The standard InChI is InChI=1S/C27H25F3N2O3/c28-23-14-20(27(34)35-17-18-6-2-1-3-7-18)11-13-24(23)32(26(33)25(29)30)16-22-12-10-21(15-31-22)19-8-4-5-9-19/h1-3,6-7,10-15,19,25H,4-5,8-9,16-17H2. The molecule has 5 nitrogen and oxygen atoms in total. The van der Waals surface area contributed by atoms with Crippen molar-refractivity contribution in [3.05, 3.63) is 95.1 Å². The Morgan fingerprint density at radius 2 is 1.77 bits per heavy atom. The van der Waals surface area contributed by atoms with Gasteiger partial charge in [-0.15, -0.1) is 0 Å². The average molecular weight is 483 g/mol. The topological polar surface area (TPSA) is 59.5 Å². The molecule has 0 bridgehead atoms. The summed E-state index contributed by atoms with van der Waals surface area (Å²) in [5.74, 6) is -2.88. The van der Waals surface area contributed by atoms with Crippen LogP contribution in [-0.4, -0.2) is 23.3 Å². The molecule has 1 saturated carbocycles. The molecular formula is C27H25F3N2O3. The molecule has 0 spiro atoms. The maximum atomic E-state index is 15.0. The average Bonchev–Trinajstić information content (AvgIpc) is 3.42. The molecule has 1 amide bonds. The summed E-state index contributed by atoms with van der Waals surface area (Å²) in [4.78, 5) is 29.5. The van der Waals surface area contributed by atoms with Crippen molar-refractivity contribution in [2.24, 2.45) is 0 Å². The first-order valence-corrected chi connectivity index (χ1v) is 11.5. The predicted octanol–water partition coefficient (Wildman–Crippen LogP) is 6.03. The van der Waals surface area contributed by atoms with Gasteiger partial charge in [0.1, 0.15) is 12.4 Å². The van der Waals surface area contributed by atoms with E-state index in [1.54, 1.807) is 36.5 Å². The second kappa shape index (κ2) is 11.2. The van der Waals surface area contributed by atoms with E-state index >= 15 is 0 Å². The van der Waals surface area contributed by atoms with Gasteiger partial charge in [-0.05, 0) is 54.2 Å². The highest BCUT2D eigenvalue weighted by molar-refractivity contribution is 5.96. The Morgan fingerprint density at radius 3 is 2.40 bits per heavy atom. The Morgan fingerprint density at radius 1 is 1.03 bits per heavy atom. The van der Waals surface area contributed by atoms with Crippen LogP contribution >= 0.6 is 0 Å². The second-order valence-corrected chi connectivity index (χ2v) is 8.52. The Bertz CT molecular complexity index is 1160. The second-order valence-electron chi connectivity index (χ2n) is 8.52. The van der Waals surface area contributed by atoms with Gasteiger partial charge in [-0.3, -0.25) is 14.7 Å². The van der Waals surface area contributed by atoms with Crippen LogP contribution in [-0.2, 0) is 22.7 Å². The fourth-order valence-electron chi connectivity index (χ4n) is 4.25. The Labute approximate surface area is 201 Å². The molecule has 0 N–H and O–H groups in total. The fraction of sp³-hybridized carbons (Fsp3) is 0.296. The molecule has 35 heavy (non-hydrogen) atoms. The Balaban J connectivity index is 1.50. The molecule has 1 aliphatic rings. The predicted molar refractivity (Wildman–Crippen MR) is 125 cm³/mol. The molecule has 0 aliphatic heterocycles. The van der Waals surface area contributed by atoms with Crippen LogP contribution in [0.25, 0.3) is 0 Å². The first-order chi connectivity index (χ1) is 16.9. The molecular weight excluding hydrogens is 457 g/mol. The molecule has 1 heterocycles. The molecule has 4 rings (SSSR count). The minimum Gasteiger partial charge on any atom is -0.457 e. The maximum Gasteiger partial charge on any atom is 0.338 e. The quantitative estimate of drug-likeness (QED) is 0.368. The van der Waals surface area contributed by atoms with E-state index in [0.717, 1.165) is 48.9 Å². The molecule has 0 unspecified atom stereocenters. The molecule has 3 aromatic rings. The third kappa shape index (κ3) is 6.07. The molecule has 182 valence electrons. The number of esters is 1. The van der Waals surface area contributed by atoms with Gasteiger partial charge >= 0.3 is 12.4 Å². The van der Waals surface area contributed by atoms with Gasteiger partial charge in [0, 0.05) is 6.20 Å². The number of pyridine rings is 1. The number of aromatic nitrogens is 1. The monoisotopic (exact) mass is 482 g/mol. The minimum absolute atomic E-state index is 0.00155. The molecule has 0 atom stereocenters. The van der Waals surface area contributed by atoms with Crippen molar-refractivity contribution >= 4 is 17.6 Å². The number of amides is 1. The highest BCUT2D eigenvalue weighted by atomic mass is 19.3. The summed E-state index contributed by atoms with van der Waals surface area (Å²) < 4.78 is 46.8. The fourth-order valence-corrected chi connectivity index (χ4v) is 4.25. The lowest BCUT2D eigenvalue weighted by Gasteiger charge is -2.23. The van der Waals surface area contributed by atoms with Crippen molar-refractivity contribution in [3.8, 4) is 0 Å². The van der Waals surface area contributed by atoms with E-state index in [1.807, 2.05) is 12.1 Å². The minimum atomic E-state index is -3.33. The van der Waals surface area contributed by atoms with Crippen LogP contribution in [0.1, 0.15) is 58.8 Å². The number of alkyl halides is 2. The van der Waals surface area contributed by atoms with E-state index < -0.39 is 24.1 Å². The van der Waals surface area contributed by atoms with Crippen molar-refractivity contribution in [2.45, 2.75) is 51.2 Å². The first kappa shape index (κ1) is 24.4. The van der Waals surface area contributed by atoms with Crippen molar-refractivity contribution in [1.82, 2.24) is 4.98 Å². The van der Waals surface area contributed by atoms with Gasteiger partial charge in [0.05, 0.1) is 23.5 Å². The zero-order valence-corrected chi connectivity index (χ0v) is 19.0. The van der Waals surface area contributed by atoms with Gasteiger partial charge in [-0.2, -0.15) is 8.78 Å². The van der Waals surface area contributed by atoms with Gasteiger partial charge in [0.2, 0.25) is 0 Å². The van der Waals surface area contributed by atoms with Crippen LogP contribution in [0.2, 0.25) is 0 Å². The van der Waals surface area contributed by atoms with Crippen molar-refractivity contribution in [1.29, 1.82) is 0 Å². The lowest BCUT2D eigenvalue weighted by atomic mass is 9.99. The molecule has 1 aromatic heterocycles. The van der Waals surface area contributed by atoms with Gasteiger partial charge in [0.25, 0.3) is 5.91 Å². The summed E-state index contributed by atoms with van der Waals surface area (Å²) in [5, 5.41) is 0. The number of rotatable bonds is 8. The van der Waals surface area contributed by atoms with E-state index in [1.165, 1.54) is 6.07 Å². The van der Waals surface area contributed by atoms with Crippen LogP contribution in [0.15, 0.2) is 66.9 Å². The van der Waals surface area contributed by atoms with Crippen LogP contribution in [0.4, 0.5) is 18.9 Å². The summed E-state index contributed by atoms with van der Waals surface area (Å²) in [6.07, 6.45) is 2.86. The molecule has 1 aliphatic carbocycles. The Hall–Kier alpha value is -3.68. The van der Waals surface area contributed by atoms with Crippen LogP contribution < -0.4 is 4.90 Å². The van der Waals surface area contributed by atoms with E-state index in [4.69, 9.17) is 4.74 Å². The van der Waals surface area contributed by atoms with Gasteiger partial charge in [0.15, 0.2) is 0 Å². The van der Waals surface area contributed by atoms with E-state index in [9.17, 15) is 22.8 Å². The zero-order chi connectivity index (χ0) is 24.8. The Kier molecular flexibility index (Phi) is 7.80. The van der Waals surface area contributed by atoms with Crippen LogP contribution in [0.5, 0.6) is 0 Å². The number of halogens is 3. The normalized spacial score (nSPS) is 13.7. The number of hydrogen-bond acceptors (Lipinski definition) is 4.